The normalized spacial score (nSPS) is 22.5. The number of carbonyl (C=O) groups is 3. The fraction of sp³-hybridized carbons (Fsp3) is 0.516. The summed E-state index contributed by atoms with van der Waals surface area (Å²) in [6, 6.07) is 11.7. The largest absolute Gasteiger partial charge is 0.497 e. The van der Waals surface area contributed by atoms with Gasteiger partial charge in [0.05, 0.1) is 24.8 Å². The number of rotatable bonds is 5. The van der Waals surface area contributed by atoms with Gasteiger partial charge in [-0.1, -0.05) is 25.8 Å². The van der Waals surface area contributed by atoms with Crippen LogP contribution in [0.4, 0.5) is 5.69 Å². The highest BCUT2D eigenvalue weighted by molar-refractivity contribution is 6.05. The van der Waals surface area contributed by atoms with Gasteiger partial charge in [-0.05, 0) is 56.2 Å². The summed E-state index contributed by atoms with van der Waals surface area (Å²) in [5.74, 6) is 0.639. The van der Waals surface area contributed by atoms with E-state index in [9.17, 15) is 14.4 Å². The molecule has 1 aliphatic carbocycles. The van der Waals surface area contributed by atoms with E-state index in [1.165, 1.54) is 0 Å². The molecule has 0 radical (unpaired) electrons. The van der Waals surface area contributed by atoms with Gasteiger partial charge in [0.25, 0.3) is 11.8 Å². The van der Waals surface area contributed by atoms with Crippen molar-refractivity contribution in [1.82, 2.24) is 9.80 Å². The van der Waals surface area contributed by atoms with E-state index in [0.717, 1.165) is 25.7 Å². The molecule has 2 aromatic carbocycles. The van der Waals surface area contributed by atoms with E-state index < -0.39 is 0 Å². The molecule has 40 heavy (non-hydrogen) atoms. The Morgan fingerprint density at radius 1 is 1.02 bits per heavy atom. The van der Waals surface area contributed by atoms with Gasteiger partial charge < -0.3 is 29.3 Å². The predicted octanol–water partition coefficient (Wildman–Crippen LogP) is 4.47. The fourth-order valence-corrected chi connectivity index (χ4v) is 5.54. The summed E-state index contributed by atoms with van der Waals surface area (Å²) < 4.78 is 17.2. The molecule has 1 saturated carbocycles. The van der Waals surface area contributed by atoms with Crippen molar-refractivity contribution in [3.05, 3.63) is 53.6 Å². The second-order valence-electron chi connectivity index (χ2n) is 11.0. The van der Waals surface area contributed by atoms with Gasteiger partial charge in [0, 0.05) is 50.3 Å². The average molecular weight is 552 g/mol. The molecule has 0 spiro atoms. The van der Waals surface area contributed by atoms with Gasteiger partial charge in [0.1, 0.15) is 18.1 Å². The standard InChI is InChI=1S/C31H41N3O6/c1-20-17-34(30(36)22-9-6-7-10-22)21(2)19-40-27-14-13-24(16-26(27)31(37)33(3)18-28(20)39-5)32-29(35)23-11-8-12-25(15-23)38-4/h8,11-16,20-22,28H,6-7,9-10,17-19H2,1-5H3,(H,32,35)/t20-,21-,28-/m0/s1. The number of nitrogens with zero attached hydrogens (tertiary/aromatic N) is 2. The molecule has 2 aliphatic rings. The van der Waals surface area contributed by atoms with E-state index in [1.807, 2.05) is 11.8 Å². The minimum absolute atomic E-state index is 0.000404. The summed E-state index contributed by atoms with van der Waals surface area (Å²) in [4.78, 5) is 43.7. The summed E-state index contributed by atoms with van der Waals surface area (Å²) in [6.45, 7) is 5.16. The van der Waals surface area contributed by atoms with Crippen LogP contribution in [0.2, 0.25) is 0 Å². The van der Waals surface area contributed by atoms with Crippen LogP contribution in [0.1, 0.15) is 60.2 Å². The van der Waals surface area contributed by atoms with Crippen molar-refractivity contribution < 1.29 is 28.6 Å². The zero-order valence-corrected chi connectivity index (χ0v) is 24.1. The molecule has 3 atom stereocenters. The molecule has 9 heteroatoms. The Balaban J connectivity index is 1.62. The SMILES string of the molecule is COc1cccc(C(=O)Nc2ccc3c(c2)C(=O)N(C)C[C@H](OC)[C@@H](C)CN(C(=O)C2CCCC2)[C@@H](C)CO3)c1. The van der Waals surface area contributed by atoms with E-state index in [-0.39, 0.29) is 48.3 Å². The second kappa shape index (κ2) is 13.2. The first kappa shape index (κ1) is 29.4. The molecule has 3 amide bonds. The van der Waals surface area contributed by atoms with Gasteiger partial charge in [0.2, 0.25) is 5.91 Å². The first-order valence-electron chi connectivity index (χ1n) is 14.0. The van der Waals surface area contributed by atoms with E-state index in [1.54, 1.807) is 68.6 Å². The van der Waals surface area contributed by atoms with Gasteiger partial charge in [-0.25, -0.2) is 0 Å². The van der Waals surface area contributed by atoms with Crippen molar-refractivity contribution in [3.63, 3.8) is 0 Å². The maximum absolute atomic E-state index is 13.6. The number of hydrogen-bond acceptors (Lipinski definition) is 6. The average Bonchev–Trinajstić information content (AvgIpc) is 3.51. The molecule has 0 saturated heterocycles. The number of ether oxygens (including phenoxy) is 3. The van der Waals surface area contributed by atoms with Crippen LogP contribution in [-0.4, -0.2) is 80.6 Å². The third kappa shape index (κ3) is 6.75. The maximum Gasteiger partial charge on any atom is 0.257 e. The van der Waals surface area contributed by atoms with Crippen molar-refractivity contribution in [3.8, 4) is 11.5 Å². The Morgan fingerprint density at radius 2 is 1.77 bits per heavy atom. The lowest BCUT2D eigenvalue weighted by atomic mass is 9.99. The molecule has 1 aliphatic heterocycles. The third-order valence-electron chi connectivity index (χ3n) is 8.02. The molecule has 9 nitrogen and oxygen atoms in total. The summed E-state index contributed by atoms with van der Waals surface area (Å²) in [7, 11) is 4.91. The minimum Gasteiger partial charge on any atom is -0.497 e. The lowest BCUT2D eigenvalue weighted by Gasteiger charge is -2.37. The van der Waals surface area contributed by atoms with Crippen molar-refractivity contribution in [2.75, 3.05) is 46.3 Å². The Morgan fingerprint density at radius 3 is 2.48 bits per heavy atom. The minimum atomic E-state index is -0.323. The number of benzene rings is 2. The van der Waals surface area contributed by atoms with Crippen molar-refractivity contribution in [2.45, 2.75) is 51.7 Å². The summed E-state index contributed by atoms with van der Waals surface area (Å²) >= 11 is 0. The van der Waals surface area contributed by atoms with Crippen molar-refractivity contribution in [1.29, 1.82) is 0 Å². The smallest absolute Gasteiger partial charge is 0.257 e. The van der Waals surface area contributed by atoms with Gasteiger partial charge in [-0.15, -0.1) is 0 Å². The highest BCUT2D eigenvalue weighted by Crippen LogP contribution is 2.30. The summed E-state index contributed by atoms with van der Waals surface area (Å²) in [5.41, 5.74) is 1.23. The molecular weight excluding hydrogens is 510 g/mol. The number of methoxy groups -OCH3 is 2. The summed E-state index contributed by atoms with van der Waals surface area (Å²) in [6.07, 6.45) is 3.76. The van der Waals surface area contributed by atoms with Gasteiger partial charge in [-0.2, -0.15) is 0 Å². The molecule has 1 fully saturated rings. The molecule has 2 aromatic rings. The lowest BCUT2D eigenvalue weighted by Crippen LogP contribution is -2.50. The summed E-state index contributed by atoms with van der Waals surface area (Å²) in [5, 5.41) is 2.87. The molecule has 1 N–H and O–H groups in total. The predicted molar refractivity (Wildman–Crippen MR) is 153 cm³/mol. The van der Waals surface area contributed by atoms with Crippen LogP contribution in [0, 0.1) is 11.8 Å². The van der Waals surface area contributed by atoms with Gasteiger partial charge in [-0.3, -0.25) is 14.4 Å². The van der Waals surface area contributed by atoms with Crippen molar-refractivity contribution in [2.24, 2.45) is 11.8 Å². The van der Waals surface area contributed by atoms with Crippen LogP contribution in [0.25, 0.3) is 0 Å². The highest BCUT2D eigenvalue weighted by atomic mass is 16.5. The van der Waals surface area contributed by atoms with E-state index in [4.69, 9.17) is 14.2 Å². The molecule has 4 rings (SSSR count). The quantitative estimate of drug-likeness (QED) is 0.589. The highest BCUT2D eigenvalue weighted by Gasteiger charge is 2.34. The zero-order chi connectivity index (χ0) is 28.8. The number of nitrogens with one attached hydrogen (secondary N) is 1. The maximum atomic E-state index is 13.6. The van der Waals surface area contributed by atoms with Gasteiger partial charge >= 0.3 is 0 Å². The monoisotopic (exact) mass is 551 g/mol. The molecule has 1 heterocycles. The fourth-order valence-electron chi connectivity index (χ4n) is 5.54. The number of likely N-dealkylation sites (N-methyl/N-ethyl adjacent to an activating group) is 1. The van der Waals surface area contributed by atoms with Crippen molar-refractivity contribution >= 4 is 23.4 Å². The molecular formula is C31H41N3O6. The van der Waals surface area contributed by atoms with Crippen LogP contribution >= 0.6 is 0 Å². The second-order valence-corrected chi connectivity index (χ2v) is 11.0. The first-order chi connectivity index (χ1) is 19.2. The number of fused-ring (bicyclic) bond motifs is 1. The van der Waals surface area contributed by atoms with Crippen LogP contribution < -0.4 is 14.8 Å². The van der Waals surface area contributed by atoms with Crippen LogP contribution in [0.5, 0.6) is 11.5 Å². The van der Waals surface area contributed by atoms with E-state index in [0.29, 0.717) is 41.4 Å². The molecule has 0 bridgehead atoms. The van der Waals surface area contributed by atoms with E-state index >= 15 is 0 Å². The number of hydrogen-bond donors (Lipinski definition) is 1. The topological polar surface area (TPSA) is 97.4 Å². The number of anilines is 1. The zero-order valence-electron chi connectivity index (χ0n) is 24.1. The Labute approximate surface area is 236 Å². The van der Waals surface area contributed by atoms with Crippen LogP contribution in [0.3, 0.4) is 0 Å². The Bertz CT molecular complexity index is 1210. The molecule has 0 aromatic heterocycles. The molecule has 216 valence electrons. The van der Waals surface area contributed by atoms with Crippen LogP contribution in [0.15, 0.2) is 42.5 Å². The Kier molecular flexibility index (Phi) is 9.68. The number of carbonyl (C=O) groups excluding carboxylic acids is 3. The van der Waals surface area contributed by atoms with Crippen LogP contribution in [-0.2, 0) is 9.53 Å². The molecule has 0 unspecified atom stereocenters. The van der Waals surface area contributed by atoms with E-state index in [2.05, 4.69) is 12.2 Å². The third-order valence-corrected chi connectivity index (χ3v) is 8.02. The number of amides is 3. The Hall–Kier alpha value is -3.59. The lowest BCUT2D eigenvalue weighted by molar-refractivity contribution is -0.139. The first-order valence-corrected chi connectivity index (χ1v) is 14.0. The van der Waals surface area contributed by atoms with Gasteiger partial charge in [0.15, 0.2) is 0 Å².